The van der Waals surface area contributed by atoms with Crippen molar-refractivity contribution in [2.24, 2.45) is 5.41 Å². The molecule has 0 spiro atoms. The topological polar surface area (TPSA) is 90.5 Å². The van der Waals surface area contributed by atoms with Crippen LogP contribution in [0.25, 0.3) is 0 Å². The second-order valence-corrected chi connectivity index (χ2v) is 11.0. The van der Waals surface area contributed by atoms with Crippen LogP contribution in [0.2, 0.25) is 0 Å². The van der Waals surface area contributed by atoms with Gasteiger partial charge in [-0.05, 0) is 49.3 Å². The Bertz CT molecular complexity index is 1050. The molecule has 2 aromatic rings. The molecule has 1 aliphatic heterocycles. The molecule has 1 saturated heterocycles. The number of aliphatic hydroxyl groups is 1. The molecule has 0 amide bonds. The summed E-state index contributed by atoms with van der Waals surface area (Å²) in [5.41, 5.74) is 3.34. The van der Waals surface area contributed by atoms with E-state index in [-0.39, 0.29) is 16.1 Å². The minimum Gasteiger partial charge on any atom is -0.384 e. The Morgan fingerprint density at radius 2 is 1.72 bits per heavy atom. The quantitative estimate of drug-likeness (QED) is 0.800. The van der Waals surface area contributed by atoms with Gasteiger partial charge in [0.15, 0.2) is 5.78 Å². The molecule has 156 valence electrons. The van der Waals surface area contributed by atoms with Gasteiger partial charge in [-0.1, -0.05) is 26.0 Å². The van der Waals surface area contributed by atoms with Crippen molar-refractivity contribution in [1.82, 2.24) is 9.29 Å². The highest BCUT2D eigenvalue weighted by molar-refractivity contribution is 7.89. The normalized spacial score (nSPS) is 20.6. The summed E-state index contributed by atoms with van der Waals surface area (Å²) in [6.45, 7) is 7.11. The van der Waals surface area contributed by atoms with Crippen molar-refractivity contribution in [1.29, 1.82) is 0 Å². The number of hydrogen-bond donors (Lipinski definition) is 2. The summed E-state index contributed by atoms with van der Waals surface area (Å²) in [5.74, 6) is 0.0443. The van der Waals surface area contributed by atoms with Crippen molar-refractivity contribution in [3.63, 3.8) is 0 Å². The third kappa shape index (κ3) is 3.56. The average Bonchev–Trinajstić information content (AvgIpc) is 3.28. The standard InChI is InChI=1S/C22H28N2O4S/c1-14-19(20-17(23-14)12-22(2,3)13-18(20)25)21(26)15-6-8-16(9-7-15)29(27,28)24-10-4-5-11-24/h6-9,21,23,26H,4-5,10-13H2,1-3H3. The van der Waals surface area contributed by atoms with E-state index in [1.54, 1.807) is 24.3 Å². The van der Waals surface area contributed by atoms with E-state index in [4.69, 9.17) is 0 Å². The molecular weight excluding hydrogens is 388 g/mol. The van der Waals surface area contributed by atoms with Gasteiger partial charge in [0.2, 0.25) is 10.0 Å². The number of nitrogens with zero attached hydrogens (tertiary/aromatic N) is 1. The second kappa shape index (κ2) is 7.07. The number of aryl methyl sites for hydroxylation is 1. The van der Waals surface area contributed by atoms with Gasteiger partial charge in [0.05, 0.1) is 4.90 Å². The van der Waals surface area contributed by atoms with E-state index in [9.17, 15) is 18.3 Å². The number of carbonyl (C=O) groups excluding carboxylic acids is 1. The van der Waals surface area contributed by atoms with Gasteiger partial charge in [-0.2, -0.15) is 4.31 Å². The number of H-pyrrole nitrogens is 1. The molecule has 1 unspecified atom stereocenters. The highest BCUT2D eigenvalue weighted by Gasteiger charge is 2.36. The van der Waals surface area contributed by atoms with Crippen LogP contribution < -0.4 is 0 Å². The van der Waals surface area contributed by atoms with Crippen LogP contribution in [-0.2, 0) is 16.4 Å². The third-order valence-corrected chi connectivity index (χ3v) is 7.97. The van der Waals surface area contributed by atoms with E-state index < -0.39 is 16.1 Å². The Hall–Kier alpha value is -1.96. The Morgan fingerprint density at radius 3 is 2.34 bits per heavy atom. The van der Waals surface area contributed by atoms with Crippen molar-refractivity contribution in [2.75, 3.05) is 13.1 Å². The molecule has 0 bridgehead atoms. The van der Waals surface area contributed by atoms with E-state index in [2.05, 4.69) is 18.8 Å². The van der Waals surface area contributed by atoms with E-state index >= 15 is 0 Å². The Morgan fingerprint density at radius 1 is 1.10 bits per heavy atom. The molecule has 1 aromatic heterocycles. The number of benzene rings is 1. The maximum absolute atomic E-state index is 12.8. The number of sulfonamides is 1. The average molecular weight is 417 g/mol. The fourth-order valence-electron chi connectivity index (χ4n) is 4.63. The number of aliphatic hydroxyl groups excluding tert-OH is 1. The molecule has 6 nitrogen and oxygen atoms in total. The lowest BCUT2D eigenvalue weighted by molar-refractivity contribution is 0.0906. The van der Waals surface area contributed by atoms with Crippen molar-refractivity contribution < 1.29 is 18.3 Å². The predicted molar refractivity (Wildman–Crippen MR) is 110 cm³/mol. The number of hydrogen-bond acceptors (Lipinski definition) is 4. The van der Waals surface area contributed by atoms with Gasteiger partial charge in [-0.3, -0.25) is 4.79 Å². The van der Waals surface area contributed by atoms with Crippen molar-refractivity contribution in [3.8, 4) is 0 Å². The van der Waals surface area contributed by atoms with Crippen LogP contribution in [0.5, 0.6) is 0 Å². The second-order valence-electron chi connectivity index (χ2n) is 9.04. The first-order chi connectivity index (χ1) is 13.6. The number of nitrogens with one attached hydrogen (secondary N) is 1. The van der Waals surface area contributed by atoms with Gasteiger partial charge in [0, 0.05) is 42.0 Å². The first-order valence-electron chi connectivity index (χ1n) is 10.1. The number of fused-ring (bicyclic) bond motifs is 1. The van der Waals surface area contributed by atoms with Gasteiger partial charge in [-0.25, -0.2) is 8.42 Å². The number of rotatable bonds is 4. The first kappa shape index (κ1) is 20.3. The molecule has 0 radical (unpaired) electrons. The number of aromatic nitrogens is 1. The summed E-state index contributed by atoms with van der Waals surface area (Å²) in [6, 6.07) is 6.38. The number of ketones is 1. The highest BCUT2D eigenvalue weighted by Crippen LogP contribution is 2.40. The summed E-state index contributed by atoms with van der Waals surface area (Å²) < 4.78 is 26.9. The largest absolute Gasteiger partial charge is 0.384 e. The molecular formula is C22H28N2O4S. The molecule has 2 heterocycles. The molecule has 1 atom stereocenters. The summed E-state index contributed by atoms with van der Waals surface area (Å²) in [5, 5.41) is 11.0. The molecule has 0 saturated carbocycles. The molecule has 1 fully saturated rings. The Balaban J connectivity index is 1.66. The van der Waals surface area contributed by atoms with Gasteiger partial charge < -0.3 is 10.1 Å². The summed E-state index contributed by atoms with van der Waals surface area (Å²) in [6.07, 6.45) is 2.00. The molecule has 1 aromatic carbocycles. The van der Waals surface area contributed by atoms with Crippen LogP contribution >= 0.6 is 0 Å². The predicted octanol–water partition coefficient (Wildman–Crippen LogP) is 3.34. The molecule has 2 N–H and O–H groups in total. The third-order valence-electron chi connectivity index (χ3n) is 6.06. The zero-order valence-electron chi connectivity index (χ0n) is 17.2. The molecule has 1 aliphatic carbocycles. The van der Waals surface area contributed by atoms with E-state index in [1.807, 2.05) is 6.92 Å². The lowest BCUT2D eigenvalue weighted by Gasteiger charge is -2.29. The lowest BCUT2D eigenvalue weighted by Crippen LogP contribution is -2.28. The Kier molecular flexibility index (Phi) is 4.96. The van der Waals surface area contributed by atoms with E-state index in [0.717, 1.165) is 30.7 Å². The van der Waals surface area contributed by atoms with Crippen LogP contribution in [0.3, 0.4) is 0 Å². The monoisotopic (exact) mass is 416 g/mol. The van der Waals surface area contributed by atoms with Crippen molar-refractivity contribution in [2.45, 2.75) is 57.5 Å². The van der Waals surface area contributed by atoms with Gasteiger partial charge >= 0.3 is 0 Å². The summed E-state index contributed by atoms with van der Waals surface area (Å²) in [4.78, 5) is 16.3. The SMILES string of the molecule is Cc1[nH]c2c(c1C(O)c1ccc(S(=O)(=O)N3CCCC3)cc1)C(=O)CC(C)(C)C2. The molecule has 2 aliphatic rings. The first-order valence-corrected chi connectivity index (χ1v) is 11.6. The lowest BCUT2D eigenvalue weighted by atomic mass is 9.75. The number of Topliss-reactive ketones (excluding diaryl/α,β-unsaturated/α-hetero) is 1. The van der Waals surface area contributed by atoms with Gasteiger partial charge in [0.1, 0.15) is 6.10 Å². The van der Waals surface area contributed by atoms with Crippen LogP contribution in [0.15, 0.2) is 29.2 Å². The van der Waals surface area contributed by atoms with Crippen LogP contribution in [-0.4, -0.2) is 41.7 Å². The van der Waals surface area contributed by atoms with Crippen LogP contribution in [0.1, 0.15) is 72.1 Å². The molecule has 4 rings (SSSR count). The van der Waals surface area contributed by atoms with Crippen LogP contribution in [0.4, 0.5) is 0 Å². The highest BCUT2D eigenvalue weighted by atomic mass is 32.2. The zero-order chi connectivity index (χ0) is 21.0. The summed E-state index contributed by atoms with van der Waals surface area (Å²) in [7, 11) is -3.49. The summed E-state index contributed by atoms with van der Waals surface area (Å²) >= 11 is 0. The maximum atomic E-state index is 12.8. The minimum atomic E-state index is -3.49. The van der Waals surface area contributed by atoms with Crippen molar-refractivity contribution in [3.05, 3.63) is 52.3 Å². The van der Waals surface area contributed by atoms with Crippen molar-refractivity contribution >= 4 is 15.8 Å². The van der Waals surface area contributed by atoms with Gasteiger partial charge in [0.25, 0.3) is 0 Å². The fraction of sp³-hybridized carbons (Fsp3) is 0.500. The zero-order valence-corrected chi connectivity index (χ0v) is 18.0. The number of aromatic amines is 1. The molecule has 7 heteroatoms. The molecule has 29 heavy (non-hydrogen) atoms. The minimum absolute atomic E-state index is 0.0443. The van der Waals surface area contributed by atoms with Gasteiger partial charge in [-0.15, -0.1) is 0 Å². The smallest absolute Gasteiger partial charge is 0.243 e. The fourth-order valence-corrected chi connectivity index (χ4v) is 6.15. The van der Waals surface area contributed by atoms with Crippen LogP contribution in [0, 0.1) is 12.3 Å². The van der Waals surface area contributed by atoms with E-state index in [1.165, 1.54) is 4.31 Å². The number of carbonyl (C=O) groups is 1. The maximum Gasteiger partial charge on any atom is 0.243 e. The Labute approximate surface area is 172 Å². The van der Waals surface area contributed by atoms with E-state index in [0.29, 0.717) is 36.2 Å².